The third-order valence-corrected chi connectivity index (χ3v) is 3.69. The molecule has 1 aliphatic heterocycles. The molecule has 3 rings (SSSR count). The molecule has 1 aliphatic rings. The van der Waals surface area contributed by atoms with Gasteiger partial charge in [0, 0.05) is 26.2 Å². The first-order valence-corrected chi connectivity index (χ1v) is 6.85. The number of anilines is 1. The summed E-state index contributed by atoms with van der Waals surface area (Å²) in [4.78, 5) is 13.8. The molecule has 0 amide bonds. The molecule has 0 unspecified atom stereocenters. The molecule has 20 heavy (non-hydrogen) atoms. The van der Waals surface area contributed by atoms with Gasteiger partial charge in [0.2, 0.25) is 0 Å². The molecular weight excluding hydrogens is 250 g/mol. The Balaban J connectivity index is 1.84. The summed E-state index contributed by atoms with van der Waals surface area (Å²) < 4.78 is 0. The van der Waals surface area contributed by atoms with Gasteiger partial charge in [0.25, 0.3) is 0 Å². The molecule has 2 aromatic rings. The molecule has 0 radical (unpaired) electrons. The number of nitrogens with zero attached hydrogens (tertiary/aromatic N) is 5. The maximum atomic E-state index is 8.74. The van der Waals surface area contributed by atoms with Crippen LogP contribution in [0, 0.1) is 18.3 Å². The van der Waals surface area contributed by atoms with Gasteiger partial charge in [-0.05, 0) is 19.1 Å². The number of fused-ring (bicyclic) bond motifs is 1. The van der Waals surface area contributed by atoms with Gasteiger partial charge >= 0.3 is 0 Å². The van der Waals surface area contributed by atoms with Crippen molar-refractivity contribution in [1.29, 1.82) is 5.26 Å². The average molecular weight is 267 g/mol. The zero-order valence-corrected chi connectivity index (χ0v) is 11.6. The Morgan fingerprint density at radius 2 is 1.75 bits per heavy atom. The van der Waals surface area contributed by atoms with E-state index in [0.717, 1.165) is 48.7 Å². The molecule has 0 bridgehead atoms. The molecule has 0 saturated carbocycles. The van der Waals surface area contributed by atoms with E-state index in [4.69, 9.17) is 10.2 Å². The molecule has 1 saturated heterocycles. The summed E-state index contributed by atoms with van der Waals surface area (Å²) in [7, 11) is 0. The van der Waals surface area contributed by atoms with E-state index in [0.29, 0.717) is 6.54 Å². The lowest BCUT2D eigenvalue weighted by Gasteiger charge is -2.34. The molecule has 1 aromatic heterocycles. The number of piperazine rings is 1. The lowest BCUT2D eigenvalue weighted by Crippen LogP contribution is -2.47. The second-order valence-corrected chi connectivity index (χ2v) is 5.04. The molecular formula is C15H17N5. The number of hydrogen-bond acceptors (Lipinski definition) is 5. The van der Waals surface area contributed by atoms with Gasteiger partial charge in [0.05, 0.1) is 29.3 Å². The summed E-state index contributed by atoms with van der Waals surface area (Å²) in [5.41, 5.74) is 2.85. The van der Waals surface area contributed by atoms with Crippen LogP contribution in [0.1, 0.15) is 5.69 Å². The number of aryl methyl sites for hydroxylation is 1. The Bertz CT molecular complexity index is 653. The van der Waals surface area contributed by atoms with E-state index in [1.165, 1.54) is 0 Å². The van der Waals surface area contributed by atoms with Crippen molar-refractivity contribution in [3.63, 3.8) is 0 Å². The Morgan fingerprint density at radius 1 is 1.10 bits per heavy atom. The number of para-hydroxylation sites is 2. The van der Waals surface area contributed by atoms with E-state index in [1.54, 1.807) is 0 Å². The van der Waals surface area contributed by atoms with E-state index in [9.17, 15) is 0 Å². The zero-order valence-electron chi connectivity index (χ0n) is 11.6. The third kappa shape index (κ3) is 2.43. The Hall–Kier alpha value is -2.19. The topological polar surface area (TPSA) is 56.1 Å². The monoisotopic (exact) mass is 267 g/mol. The molecule has 1 fully saturated rings. The number of nitriles is 1. The van der Waals surface area contributed by atoms with Crippen LogP contribution in [0.5, 0.6) is 0 Å². The second-order valence-electron chi connectivity index (χ2n) is 5.04. The van der Waals surface area contributed by atoms with Gasteiger partial charge in [-0.3, -0.25) is 4.90 Å². The molecule has 5 nitrogen and oxygen atoms in total. The van der Waals surface area contributed by atoms with Gasteiger partial charge < -0.3 is 4.90 Å². The lowest BCUT2D eigenvalue weighted by atomic mass is 10.2. The smallest absolute Gasteiger partial charge is 0.150 e. The second kappa shape index (κ2) is 5.43. The van der Waals surface area contributed by atoms with Crippen LogP contribution in [-0.4, -0.2) is 47.6 Å². The van der Waals surface area contributed by atoms with Gasteiger partial charge in [0.15, 0.2) is 5.82 Å². The fourth-order valence-corrected chi connectivity index (χ4v) is 2.60. The fourth-order valence-electron chi connectivity index (χ4n) is 2.60. The fraction of sp³-hybridized carbons (Fsp3) is 0.400. The minimum absolute atomic E-state index is 0.510. The van der Waals surface area contributed by atoms with Gasteiger partial charge in [-0.15, -0.1) is 0 Å². The summed E-state index contributed by atoms with van der Waals surface area (Å²) in [6, 6.07) is 10.2. The molecule has 0 aliphatic carbocycles. The maximum Gasteiger partial charge on any atom is 0.150 e. The molecule has 1 aromatic carbocycles. The van der Waals surface area contributed by atoms with E-state index in [1.807, 2.05) is 31.2 Å². The normalized spacial score (nSPS) is 16.3. The highest BCUT2D eigenvalue weighted by Crippen LogP contribution is 2.21. The van der Waals surface area contributed by atoms with E-state index >= 15 is 0 Å². The van der Waals surface area contributed by atoms with Crippen molar-refractivity contribution in [2.45, 2.75) is 6.92 Å². The first-order valence-electron chi connectivity index (χ1n) is 6.85. The van der Waals surface area contributed by atoms with E-state index in [-0.39, 0.29) is 0 Å². The number of aromatic nitrogens is 2. The number of benzene rings is 1. The van der Waals surface area contributed by atoms with Crippen LogP contribution in [0.15, 0.2) is 24.3 Å². The zero-order chi connectivity index (χ0) is 13.9. The van der Waals surface area contributed by atoms with Crippen LogP contribution in [0.3, 0.4) is 0 Å². The van der Waals surface area contributed by atoms with Crippen LogP contribution in [-0.2, 0) is 0 Å². The summed E-state index contributed by atoms with van der Waals surface area (Å²) in [6.45, 7) is 6.13. The Labute approximate surface area is 118 Å². The molecule has 0 N–H and O–H groups in total. The highest BCUT2D eigenvalue weighted by Gasteiger charge is 2.19. The van der Waals surface area contributed by atoms with Gasteiger partial charge in [-0.2, -0.15) is 5.26 Å². The first kappa shape index (κ1) is 12.8. The third-order valence-electron chi connectivity index (χ3n) is 3.69. The standard InChI is InChI=1S/C15H17N5/c1-12-15(18-14-5-3-2-4-13(14)17-12)20-10-8-19(7-6-16)9-11-20/h2-5H,7-11H2,1H3. The molecule has 5 heteroatoms. The van der Waals surface area contributed by atoms with Crippen molar-refractivity contribution in [1.82, 2.24) is 14.9 Å². The summed E-state index contributed by atoms with van der Waals surface area (Å²) in [5.74, 6) is 0.973. The van der Waals surface area contributed by atoms with Crippen molar-refractivity contribution in [2.75, 3.05) is 37.6 Å². The van der Waals surface area contributed by atoms with Crippen LogP contribution in [0.4, 0.5) is 5.82 Å². The van der Waals surface area contributed by atoms with Crippen LogP contribution in [0.25, 0.3) is 11.0 Å². The largest absolute Gasteiger partial charge is 0.353 e. The van der Waals surface area contributed by atoms with Gasteiger partial charge in [-0.1, -0.05) is 12.1 Å². The number of hydrogen-bond donors (Lipinski definition) is 0. The van der Waals surface area contributed by atoms with Crippen molar-refractivity contribution >= 4 is 16.9 Å². The minimum atomic E-state index is 0.510. The first-order chi connectivity index (χ1) is 9.78. The summed E-state index contributed by atoms with van der Waals surface area (Å²) in [5, 5.41) is 8.74. The maximum absolute atomic E-state index is 8.74. The predicted octanol–water partition coefficient (Wildman–Crippen LogP) is 1.58. The highest BCUT2D eigenvalue weighted by atomic mass is 15.3. The summed E-state index contributed by atoms with van der Waals surface area (Å²) in [6.07, 6.45) is 0. The molecule has 102 valence electrons. The van der Waals surface area contributed by atoms with Crippen molar-refractivity contribution < 1.29 is 0 Å². The highest BCUT2D eigenvalue weighted by molar-refractivity contribution is 5.76. The van der Waals surface area contributed by atoms with Crippen LogP contribution >= 0.6 is 0 Å². The molecule has 2 heterocycles. The van der Waals surface area contributed by atoms with E-state index < -0.39 is 0 Å². The van der Waals surface area contributed by atoms with Gasteiger partial charge in [-0.25, -0.2) is 9.97 Å². The van der Waals surface area contributed by atoms with Crippen LogP contribution in [0.2, 0.25) is 0 Å². The molecule has 0 atom stereocenters. The molecule has 0 spiro atoms. The Kier molecular flexibility index (Phi) is 3.48. The van der Waals surface area contributed by atoms with Crippen molar-refractivity contribution in [3.8, 4) is 6.07 Å². The van der Waals surface area contributed by atoms with Gasteiger partial charge in [0.1, 0.15) is 0 Å². The lowest BCUT2D eigenvalue weighted by molar-refractivity contribution is 0.286. The number of rotatable bonds is 2. The minimum Gasteiger partial charge on any atom is -0.353 e. The Morgan fingerprint density at radius 3 is 2.40 bits per heavy atom. The van der Waals surface area contributed by atoms with Crippen molar-refractivity contribution in [2.24, 2.45) is 0 Å². The van der Waals surface area contributed by atoms with E-state index in [2.05, 4.69) is 20.9 Å². The quantitative estimate of drug-likeness (QED) is 0.773. The van der Waals surface area contributed by atoms with Crippen molar-refractivity contribution in [3.05, 3.63) is 30.0 Å². The SMILES string of the molecule is Cc1nc2ccccc2nc1N1CCN(CC#N)CC1. The van der Waals surface area contributed by atoms with Crippen LogP contribution < -0.4 is 4.90 Å². The predicted molar refractivity (Wildman–Crippen MR) is 78.5 cm³/mol. The summed E-state index contributed by atoms with van der Waals surface area (Å²) >= 11 is 0. The average Bonchev–Trinajstić information content (AvgIpc) is 2.48.